The van der Waals surface area contributed by atoms with Gasteiger partial charge in [0.25, 0.3) is 5.91 Å². The SMILES string of the molecule is CC(=O)c1ccc(N2C(=O)c3oc4cc(C)c(C)cc4c(=O)c3C2c2ccc(Br)cc2)cc1. The molecule has 0 saturated carbocycles. The van der Waals surface area contributed by atoms with Crippen molar-refractivity contribution in [2.75, 3.05) is 4.90 Å². The summed E-state index contributed by atoms with van der Waals surface area (Å²) in [7, 11) is 0. The predicted molar refractivity (Wildman–Crippen MR) is 131 cm³/mol. The van der Waals surface area contributed by atoms with E-state index in [2.05, 4.69) is 15.9 Å². The van der Waals surface area contributed by atoms with Gasteiger partial charge in [0.1, 0.15) is 5.58 Å². The van der Waals surface area contributed by atoms with Crippen molar-refractivity contribution in [3.05, 3.63) is 109 Å². The van der Waals surface area contributed by atoms with Gasteiger partial charge in [-0.3, -0.25) is 19.3 Å². The molecular formula is C27H20BrNO4. The molecule has 33 heavy (non-hydrogen) atoms. The molecule has 0 radical (unpaired) electrons. The number of hydrogen-bond acceptors (Lipinski definition) is 4. The number of aryl methyl sites for hydroxylation is 2. The van der Waals surface area contributed by atoms with Gasteiger partial charge >= 0.3 is 0 Å². The van der Waals surface area contributed by atoms with E-state index in [0.29, 0.717) is 27.8 Å². The van der Waals surface area contributed by atoms with Crippen LogP contribution in [0.1, 0.15) is 56.1 Å². The van der Waals surface area contributed by atoms with Gasteiger partial charge in [-0.1, -0.05) is 28.1 Å². The Labute approximate surface area is 198 Å². The smallest absolute Gasteiger partial charge is 0.295 e. The highest BCUT2D eigenvalue weighted by Gasteiger charge is 2.43. The van der Waals surface area contributed by atoms with Gasteiger partial charge < -0.3 is 4.42 Å². The van der Waals surface area contributed by atoms with Crippen LogP contribution in [0.5, 0.6) is 0 Å². The monoisotopic (exact) mass is 501 g/mol. The zero-order chi connectivity index (χ0) is 23.4. The van der Waals surface area contributed by atoms with E-state index in [4.69, 9.17) is 4.42 Å². The maximum absolute atomic E-state index is 13.7. The second-order valence-corrected chi connectivity index (χ2v) is 9.25. The van der Waals surface area contributed by atoms with E-state index in [9.17, 15) is 14.4 Å². The molecule has 0 fully saturated rings. The standard InChI is InChI=1S/C27H20BrNO4/c1-14-12-21-22(13-15(14)2)33-26-23(25(21)31)24(18-4-8-19(28)9-5-18)29(27(26)32)20-10-6-17(7-11-20)16(3)30/h4-13,24H,1-3H3. The number of nitrogens with zero attached hydrogens (tertiary/aromatic N) is 1. The van der Waals surface area contributed by atoms with Crippen LogP contribution in [0, 0.1) is 13.8 Å². The number of anilines is 1. The molecule has 1 amide bonds. The molecule has 3 aromatic carbocycles. The van der Waals surface area contributed by atoms with E-state index in [1.165, 1.54) is 6.92 Å². The van der Waals surface area contributed by atoms with Crippen LogP contribution in [-0.4, -0.2) is 11.7 Å². The zero-order valence-electron chi connectivity index (χ0n) is 18.3. The van der Waals surface area contributed by atoms with E-state index in [-0.39, 0.29) is 22.9 Å². The molecule has 1 aromatic heterocycles. The maximum Gasteiger partial charge on any atom is 0.295 e. The van der Waals surface area contributed by atoms with Gasteiger partial charge in [0, 0.05) is 15.7 Å². The molecule has 1 aliphatic rings. The van der Waals surface area contributed by atoms with Gasteiger partial charge in [-0.2, -0.15) is 0 Å². The minimum atomic E-state index is -0.647. The highest BCUT2D eigenvalue weighted by molar-refractivity contribution is 9.10. The average Bonchev–Trinajstić information content (AvgIpc) is 3.08. The van der Waals surface area contributed by atoms with Gasteiger partial charge in [0.05, 0.1) is 17.0 Å². The Morgan fingerprint density at radius 3 is 2.21 bits per heavy atom. The number of hydrogen-bond donors (Lipinski definition) is 0. The molecule has 1 aliphatic heterocycles. The topological polar surface area (TPSA) is 67.6 Å². The van der Waals surface area contributed by atoms with E-state index in [1.54, 1.807) is 35.2 Å². The van der Waals surface area contributed by atoms with Crippen molar-refractivity contribution in [2.24, 2.45) is 0 Å². The van der Waals surface area contributed by atoms with Gasteiger partial charge in [-0.05, 0) is 86.0 Å². The van der Waals surface area contributed by atoms with Gasteiger partial charge in [-0.25, -0.2) is 0 Å². The lowest BCUT2D eigenvalue weighted by atomic mass is 9.97. The fourth-order valence-electron chi connectivity index (χ4n) is 4.31. The van der Waals surface area contributed by atoms with Crippen molar-refractivity contribution in [1.29, 1.82) is 0 Å². The summed E-state index contributed by atoms with van der Waals surface area (Å²) in [6, 6.07) is 17.3. The number of carbonyl (C=O) groups excluding carboxylic acids is 2. The van der Waals surface area contributed by atoms with E-state index in [0.717, 1.165) is 21.2 Å². The van der Waals surface area contributed by atoms with Crippen molar-refractivity contribution in [1.82, 2.24) is 0 Å². The third-order valence-corrected chi connectivity index (χ3v) is 6.75. The van der Waals surface area contributed by atoms with Crippen molar-refractivity contribution in [3.8, 4) is 0 Å². The second-order valence-electron chi connectivity index (χ2n) is 8.34. The molecule has 0 N–H and O–H groups in total. The normalized spacial score (nSPS) is 15.2. The number of carbonyl (C=O) groups is 2. The van der Waals surface area contributed by atoms with E-state index >= 15 is 0 Å². The van der Waals surface area contributed by atoms with Gasteiger partial charge in [0.2, 0.25) is 5.76 Å². The third kappa shape index (κ3) is 3.42. The molecule has 2 heterocycles. The number of amides is 1. The minimum absolute atomic E-state index is 0.0549. The van der Waals surface area contributed by atoms with Gasteiger partial charge in [-0.15, -0.1) is 0 Å². The van der Waals surface area contributed by atoms with Crippen LogP contribution in [0.25, 0.3) is 11.0 Å². The lowest BCUT2D eigenvalue weighted by Crippen LogP contribution is -2.29. The first-order valence-electron chi connectivity index (χ1n) is 10.5. The fourth-order valence-corrected chi connectivity index (χ4v) is 4.58. The molecule has 0 saturated heterocycles. The first kappa shape index (κ1) is 21.3. The number of benzene rings is 3. The van der Waals surface area contributed by atoms with Crippen LogP contribution < -0.4 is 10.3 Å². The minimum Gasteiger partial charge on any atom is -0.450 e. The van der Waals surface area contributed by atoms with E-state index < -0.39 is 6.04 Å². The molecule has 4 aromatic rings. The molecule has 6 heteroatoms. The lowest BCUT2D eigenvalue weighted by molar-refractivity contribution is 0.0970. The third-order valence-electron chi connectivity index (χ3n) is 6.22. The summed E-state index contributed by atoms with van der Waals surface area (Å²) in [5.41, 5.74) is 4.41. The highest BCUT2D eigenvalue weighted by atomic mass is 79.9. The van der Waals surface area contributed by atoms with Crippen molar-refractivity contribution < 1.29 is 14.0 Å². The molecule has 1 unspecified atom stereocenters. The van der Waals surface area contributed by atoms with Crippen LogP contribution in [-0.2, 0) is 0 Å². The number of rotatable bonds is 3. The summed E-state index contributed by atoms with van der Waals surface area (Å²) >= 11 is 3.45. The molecule has 164 valence electrons. The molecule has 1 atom stereocenters. The van der Waals surface area contributed by atoms with Crippen LogP contribution >= 0.6 is 15.9 Å². The number of ketones is 1. The Bertz CT molecular complexity index is 1500. The Balaban J connectivity index is 1.78. The molecule has 0 aliphatic carbocycles. The summed E-state index contributed by atoms with van der Waals surface area (Å²) in [5, 5.41) is 0.459. The first-order valence-corrected chi connectivity index (χ1v) is 11.3. The molecule has 0 spiro atoms. The predicted octanol–water partition coefficient (Wildman–Crippen LogP) is 6.12. The number of fused-ring (bicyclic) bond motifs is 2. The zero-order valence-corrected chi connectivity index (χ0v) is 19.9. The van der Waals surface area contributed by atoms with Crippen molar-refractivity contribution in [2.45, 2.75) is 26.8 Å². The maximum atomic E-state index is 13.7. The van der Waals surface area contributed by atoms with Gasteiger partial charge in [0.15, 0.2) is 11.2 Å². The average molecular weight is 502 g/mol. The molecule has 0 bridgehead atoms. The summed E-state index contributed by atoms with van der Waals surface area (Å²) in [6.45, 7) is 5.38. The summed E-state index contributed by atoms with van der Waals surface area (Å²) < 4.78 is 6.96. The Morgan fingerprint density at radius 1 is 0.939 bits per heavy atom. The Hall–Kier alpha value is -3.51. The summed E-state index contributed by atoms with van der Waals surface area (Å²) in [6.07, 6.45) is 0. The summed E-state index contributed by atoms with van der Waals surface area (Å²) in [4.78, 5) is 40.6. The summed E-state index contributed by atoms with van der Waals surface area (Å²) in [5.74, 6) is -0.388. The molecule has 5 rings (SSSR count). The van der Waals surface area contributed by atoms with Crippen LogP contribution in [0.3, 0.4) is 0 Å². The Kier molecular flexibility index (Phi) is 5.05. The fraction of sp³-hybridized carbons (Fsp3) is 0.148. The van der Waals surface area contributed by atoms with Crippen LogP contribution in [0.2, 0.25) is 0 Å². The highest BCUT2D eigenvalue weighted by Crippen LogP contribution is 2.41. The van der Waals surface area contributed by atoms with Crippen molar-refractivity contribution in [3.63, 3.8) is 0 Å². The number of Topliss-reactive ketones (excluding diaryl/α,β-unsaturated/α-hetero) is 1. The largest absolute Gasteiger partial charge is 0.450 e. The second kappa shape index (κ2) is 7.81. The molecule has 5 nitrogen and oxygen atoms in total. The molecular weight excluding hydrogens is 482 g/mol. The van der Waals surface area contributed by atoms with Crippen LogP contribution in [0.15, 0.2) is 74.3 Å². The quantitative estimate of drug-likeness (QED) is 0.317. The van der Waals surface area contributed by atoms with Crippen LogP contribution in [0.4, 0.5) is 5.69 Å². The van der Waals surface area contributed by atoms with E-state index in [1.807, 2.05) is 44.2 Å². The van der Waals surface area contributed by atoms with Crippen molar-refractivity contribution >= 4 is 44.3 Å². The first-order chi connectivity index (χ1) is 15.8. The lowest BCUT2D eigenvalue weighted by Gasteiger charge is -2.25. The number of halogens is 1. The Morgan fingerprint density at radius 2 is 1.58 bits per heavy atom.